The van der Waals surface area contributed by atoms with Crippen LogP contribution in [0.2, 0.25) is 0 Å². The summed E-state index contributed by atoms with van der Waals surface area (Å²) in [5.41, 5.74) is 0.687. The molecule has 0 spiro atoms. The largest absolute Gasteiger partial charge is 0.355 e. The van der Waals surface area contributed by atoms with Crippen LogP contribution >= 0.6 is 11.8 Å². The van der Waals surface area contributed by atoms with Crippen LogP contribution in [0.1, 0.15) is 30.6 Å². The Bertz CT molecular complexity index is 391. The van der Waals surface area contributed by atoms with E-state index < -0.39 is 0 Å². The lowest BCUT2D eigenvalue weighted by molar-refractivity contribution is 0.101. The maximum atomic E-state index is 11.2. The van der Waals surface area contributed by atoms with E-state index in [0.29, 0.717) is 10.8 Å². The highest BCUT2D eigenvalue weighted by Crippen LogP contribution is 2.24. The first-order chi connectivity index (χ1) is 8.20. The minimum atomic E-state index is 0.0738. The van der Waals surface area contributed by atoms with Gasteiger partial charge in [-0.15, -0.1) is 0 Å². The van der Waals surface area contributed by atoms with Gasteiger partial charge in [0.05, 0.1) is 0 Å². The molecule has 0 bridgehead atoms. The molecule has 0 saturated carbocycles. The molecule has 2 rings (SSSR count). The predicted molar refractivity (Wildman–Crippen MR) is 73.0 cm³/mol. The van der Waals surface area contributed by atoms with Crippen molar-refractivity contribution in [3.8, 4) is 0 Å². The van der Waals surface area contributed by atoms with Gasteiger partial charge in [-0.25, -0.2) is 4.98 Å². The summed E-state index contributed by atoms with van der Waals surface area (Å²) in [6.45, 7) is 5.91. The van der Waals surface area contributed by atoms with Gasteiger partial charge in [-0.2, -0.15) is 11.8 Å². The van der Waals surface area contributed by atoms with E-state index >= 15 is 0 Å². The molecule has 17 heavy (non-hydrogen) atoms. The molecule has 4 heteroatoms. The number of pyridine rings is 1. The zero-order valence-electron chi connectivity index (χ0n) is 10.3. The molecular formula is C13H18N2OS. The van der Waals surface area contributed by atoms with Gasteiger partial charge in [0.2, 0.25) is 0 Å². The Kier molecular flexibility index (Phi) is 4.05. The quantitative estimate of drug-likeness (QED) is 0.772. The van der Waals surface area contributed by atoms with Crippen molar-refractivity contribution < 1.29 is 4.79 Å². The second-order valence-corrected chi connectivity index (χ2v) is 5.72. The van der Waals surface area contributed by atoms with Crippen LogP contribution in [-0.2, 0) is 0 Å². The third-order valence-electron chi connectivity index (χ3n) is 3.07. The fourth-order valence-corrected chi connectivity index (χ4v) is 3.14. The van der Waals surface area contributed by atoms with Crippen molar-refractivity contribution in [3.05, 3.63) is 23.9 Å². The Morgan fingerprint density at radius 3 is 3.00 bits per heavy atom. The van der Waals surface area contributed by atoms with E-state index in [1.807, 2.05) is 23.9 Å². The number of carbonyl (C=O) groups is 1. The maximum Gasteiger partial charge on any atom is 0.161 e. The number of thioether (sulfide) groups is 1. The highest BCUT2D eigenvalue weighted by atomic mass is 32.2. The molecule has 1 aliphatic heterocycles. The van der Waals surface area contributed by atoms with Crippen LogP contribution in [0.5, 0.6) is 0 Å². The van der Waals surface area contributed by atoms with Crippen molar-refractivity contribution in [3.63, 3.8) is 0 Å². The van der Waals surface area contributed by atoms with Gasteiger partial charge < -0.3 is 4.90 Å². The van der Waals surface area contributed by atoms with Crippen LogP contribution in [0, 0.1) is 0 Å². The van der Waals surface area contributed by atoms with Crippen molar-refractivity contribution in [1.82, 2.24) is 4.98 Å². The fourth-order valence-electron chi connectivity index (χ4n) is 1.96. The Morgan fingerprint density at radius 2 is 2.41 bits per heavy atom. The minimum absolute atomic E-state index is 0.0738. The van der Waals surface area contributed by atoms with Crippen LogP contribution in [-0.4, -0.2) is 34.9 Å². The van der Waals surface area contributed by atoms with E-state index in [0.717, 1.165) is 24.7 Å². The summed E-state index contributed by atoms with van der Waals surface area (Å²) in [5, 5.41) is 0.707. The number of hydrogen-bond donors (Lipinski definition) is 0. The normalized spacial score (nSPS) is 20.4. The first-order valence-corrected chi connectivity index (χ1v) is 7.09. The number of Topliss-reactive ketones (excluding diaryl/α,β-unsaturated/α-hetero) is 1. The number of aromatic nitrogens is 1. The summed E-state index contributed by atoms with van der Waals surface area (Å²) < 4.78 is 0. The summed E-state index contributed by atoms with van der Waals surface area (Å²) >= 11 is 2.05. The molecule has 1 fully saturated rings. The Balaban J connectivity index is 2.08. The Labute approximate surface area is 107 Å². The number of carbonyl (C=O) groups excluding carboxylic acids is 1. The van der Waals surface area contributed by atoms with Crippen LogP contribution in [0.3, 0.4) is 0 Å². The maximum absolute atomic E-state index is 11.2. The third-order valence-corrected chi connectivity index (χ3v) is 4.44. The molecule has 92 valence electrons. The summed E-state index contributed by atoms with van der Waals surface area (Å²) in [4.78, 5) is 17.9. The van der Waals surface area contributed by atoms with Gasteiger partial charge in [0.1, 0.15) is 5.82 Å². The van der Waals surface area contributed by atoms with E-state index in [9.17, 15) is 4.79 Å². The molecule has 0 radical (unpaired) electrons. The van der Waals surface area contributed by atoms with E-state index in [1.54, 1.807) is 13.1 Å². The molecule has 3 nitrogen and oxygen atoms in total. The number of nitrogens with zero attached hydrogens (tertiary/aromatic N) is 2. The Morgan fingerprint density at radius 1 is 1.59 bits per heavy atom. The molecule has 1 unspecified atom stereocenters. The van der Waals surface area contributed by atoms with E-state index in [1.165, 1.54) is 6.42 Å². The second-order valence-electron chi connectivity index (χ2n) is 4.31. The monoisotopic (exact) mass is 250 g/mol. The third kappa shape index (κ3) is 3.00. The van der Waals surface area contributed by atoms with Crippen molar-refractivity contribution in [2.24, 2.45) is 0 Å². The number of anilines is 1. The van der Waals surface area contributed by atoms with Crippen molar-refractivity contribution in [2.75, 3.05) is 23.7 Å². The van der Waals surface area contributed by atoms with Crippen molar-refractivity contribution in [1.29, 1.82) is 0 Å². The summed E-state index contributed by atoms with van der Waals surface area (Å²) in [7, 11) is 0. The molecule has 1 atom stereocenters. The molecule has 0 amide bonds. The smallest absolute Gasteiger partial charge is 0.161 e. The van der Waals surface area contributed by atoms with Crippen LogP contribution < -0.4 is 4.90 Å². The van der Waals surface area contributed by atoms with Crippen LogP contribution in [0.25, 0.3) is 0 Å². The molecule has 0 N–H and O–H groups in total. The average molecular weight is 250 g/mol. The van der Waals surface area contributed by atoms with E-state index in [2.05, 4.69) is 16.8 Å². The highest BCUT2D eigenvalue weighted by Gasteiger charge is 2.19. The topological polar surface area (TPSA) is 33.2 Å². The lowest BCUT2D eigenvalue weighted by Gasteiger charge is -2.32. The summed E-state index contributed by atoms with van der Waals surface area (Å²) in [5.74, 6) is 2.23. The SMILES string of the molecule is CCC1CN(c2ccc(C(C)=O)cn2)CCS1. The zero-order valence-corrected chi connectivity index (χ0v) is 11.2. The molecule has 1 aromatic heterocycles. The standard InChI is InChI=1S/C13H18N2OS/c1-3-12-9-15(6-7-17-12)13-5-4-11(8-14-13)10(2)16/h4-5,8,12H,3,6-7,9H2,1-2H3. The minimum Gasteiger partial charge on any atom is -0.355 e. The summed E-state index contributed by atoms with van der Waals surface area (Å²) in [6.07, 6.45) is 2.88. The van der Waals surface area contributed by atoms with Gasteiger partial charge in [0, 0.05) is 35.9 Å². The lowest BCUT2D eigenvalue weighted by atomic mass is 10.2. The van der Waals surface area contributed by atoms with Gasteiger partial charge in [0.15, 0.2) is 5.78 Å². The average Bonchev–Trinajstić information content (AvgIpc) is 2.39. The van der Waals surface area contributed by atoms with Gasteiger partial charge >= 0.3 is 0 Å². The second kappa shape index (κ2) is 5.54. The van der Waals surface area contributed by atoms with Crippen molar-refractivity contribution >= 4 is 23.4 Å². The van der Waals surface area contributed by atoms with Gasteiger partial charge in [-0.1, -0.05) is 6.92 Å². The summed E-state index contributed by atoms with van der Waals surface area (Å²) in [6, 6.07) is 3.83. The number of hydrogen-bond acceptors (Lipinski definition) is 4. The molecular weight excluding hydrogens is 232 g/mol. The molecule has 2 heterocycles. The number of rotatable bonds is 3. The van der Waals surface area contributed by atoms with Crippen LogP contribution in [0.15, 0.2) is 18.3 Å². The van der Waals surface area contributed by atoms with Crippen molar-refractivity contribution in [2.45, 2.75) is 25.5 Å². The zero-order chi connectivity index (χ0) is 12.3. The fraction of sp³-hybridized carbons (Fsp3) is 0.538. The van der Waals surface area contributed by atoms with E-state index in [4.69, 9.17) is 0 Å². The van der Waals surface area contributed by atoms with Gasteiger partial charge in [0.25, 0.3) is 0 Å². The molecule has 1 aliphatic rings. The lowest BCUT2D eigenvalue weighted by Crippen LogP contribution is -2.38. The molecule has 1 saturated heterocycles. The molecule has 0 aromatic carbocycles. The van der Waals surface area contributed by atoms with Gasteiger partial charge in [-0.3, -0.25) is 4.79 Å². The number of ketones is 1. The van der Waals surface area contributed by atoms with Gasteiger partial charge in [-0.05, 0) is 25.5 Å². The Hall–Kier alpha value is -1.03. The highest BCUT2D eigenvalue weighted by molar-refractivity contribution is 8.00. The molecule has 1 aromatic rings. The molecule has 0 aliphatic carbocycles. The predicted octanol–water partition coefficient (Wildman–Crippen LogP) is 2.62. The first kappa shape index (κ1) is 12.4. The first-order valence-electron chi connectivity index (χ1n) is 6.04. The van der Waals surface area contributed by atoms with Crippen LogP contribution in [0.4, 0.5) is 5.82 Å². The van der Waals surface area contributed by atoms with E-state index in [-0.39, 0.29) is 5.78 Å².